The van der Waals surface area contributed by atoms with Gasteiger partial charge >= 0.3 is 0 Å². The fourth-order valence-electron chi connectivity index (χ4n) is 3.68. The zero-order chi connectivity index (χ0) is 22.0. The number of aryl methyl sites for hydroxylation is 1. The molecule has 1 aliphatic heterocycles. The summed E-state index contributed by atoms with van der Waals surface area (Å²) in [6, 6.07) is 20.4. The first-order valence-corrected chi connectivity index (χ1v) is 12.6. The zero-order valence-electron chi connectivity index (χ0n) is 17.5. The summed E-state index contributed by atoms with van der Waals surface area (Å²) in [7, 11) is -3.60. The minimum Gasteiger partial charge on any atom is -0.351 e. The van der Waals surface area contributed by atoms with Crippen molar-refractivity contribution in [1.82, 2.24) is 5.32 Å². The summed E-state index contributed by atoms with van der Waals surface area (Å²) in [4.78, 5) is 14.2. The van der Waals surface area contributed by atoms with E-state index in [1.807, 2.05) is 13.0 Å². The van der Waals surface area contributed by atoms with Crippen molar-refractivity contribution in [1.29, 1.82) is 0 Å². The van der Waals surface area contributed by atoms with Crippen LogP contribution in [-0.2, 0) is 10.0 Å². The summed E-state index contributed by atoms with van der Waals surface area (Å²) in [6.07, 6.45) is 0. The molecule has 3 aromatic carbocycles. The molecule has 1 heterocycles. The quantitative estimate of drug-likeness (QED) is 0.434. The number of carbonyl (C=O) groups is 1. The van der Waals surface area contributed by atoms with E-state index in [0.717, 1.165) is 11.3 Å². The van der Waals surface area contributed by atoms with Gasteiger partial charge < -0.3 is 5.32 Å². The van der Waals surface area contributed by atoms with E-state index in [4.69, 9.17) is 0 Å². The topological polar surface area (TPSA) is 66.5 Å². The summed E-state index contributed by atoms with van der Waals surface area (Å²) in [5, 5.41) is 2.96. The second kappa shape index (κ2) is 8.77. The van der Waals surface area contributed by atoms with Crippen molar-refractivity contribution in [2.45, 2.75) is 23.6 Å². The third kappa shape index (κ3) is 4.20. The van der Waals surface area contributed by atoms with Crippen LogP contribution in [0.25, 0.3) is 11.1 Å². The Morgan fingerprint density at radius 2 is 1.74 bits per heavy atom. The summed E-state index contributed by atoms with van der Waals surface area (Å²) in [5.41, 5.74) is 3.73. The lowest BCUT2D eigenvalue weighted by molar-refractivity contribution is 0.0956. The number of nitrogens with one attached hydrogen (secondary N) is 1. The molecule has 160 valence electrons. The maximum absolute atomic E-state index is 13.0. The Morgan fingerprint density at radius 3 is 2.48 bits per heavy atom. The minimum absolute atomic E-state index is 0.165. The lowest BCUT2D eigenvalue weighted by Gasteiger charge is -2.31. The van der Waals surface area contributed by atoms with Gasteiger partial charge in [0, 0.05) is 40.4 Å². The minimum atomic E-state index is -3.60. The first-order chi connectivity index (χ1) is 14.9. The number of nitrogens with zero attached hydrogens (tertiary/aromatic N) is 1. The van der Waals surface area contributed by atoms with Gasteiger partial charge in [-0.1, -0.05) is 35.9 Å². The molecular weight excluding hydrogens is 428 g/mol. The Morgan fingerprint density at radius 1 is 1.00 bits per heavy atom. The molecular formula is C24H24N2O3S2. The van der Waals surface area contributed by atoms with E-state index in [0.29, 0.717) is 29.9 Å². The van der Waals surface area contributed by atoms with Crippen molar-refractivity contribution in [3.8, 4) is 11.1 Å². The number of hydrogen-bond acceptors (Lipinski definition) is 4. The van der Waals surface area contributed by atoms with Gasteiger partial charge in [-0.2, -0.15) is 0 Å². The average molecular weight is 453 g/mol. The molecule has 0 unspecified atom stereocenters. The van der Waals surface area contributed by atoms with E-state index in [9.17, 15) is 13.2 Å². The van der Waals surface area contributed by atoms with E-state index in [1.165, 1.54) is 14.8 Å². The van der Waals surface area contributed by atoms with Crippen LogP contribution in [0.3, 0.4) is 0 Å². The van der Waals surface area contributed by atoms with Crippen LogP contribution in [0.15, 0.2) is 76.5 Å². The lowest BCUT2D eigenvalue weighted by Crippen LogP contribution is -2.34. The van der Waals surface area contributed by atoms with Gasteiger partial charge in [0.2, 0.25) is 0 Å². The smallest absolute Gasteiger partial charge is 0.264 e. The van der Waals surface area contributed by atoms with E-state index in [-0.39, 0.29) is 10.8 Å². The van der Waals surface area contributed by atoms with Crippen molar-refractivity contribution in [2.75, 3.05) is 23.1 Å². The van der Waals surface area contributed by atoms with Crippen LogP contribution in [0.4, 0.5) is 5.69 Å². The van der Waals surface area contributed by atoms with Gasteiger partial charge in [-0.05, 0) is 50.2 Å². The molecule has 0 saturated carbocycles. The Bertz CT molecular complexity index is 1220. The van der Waals surface area contributed by atoms with Gasteiger partial charge in [0.1, 0.15) is 0 Å². The molecule has 0 fully saturated rings. The Labute approximate surface area is 187 Å². The van der Waals surface area contributed by atoms with Gasteiger partial charge in [0.15, 0.2) is 0 Å². The van der Waals surface area contributed by atoms with Crippen LogP contribution < -0.4 is 9.62 Å². The van der Waals surface area contributed by atoms with E-state index >= 15 is 0 Å². The monoisotopic (exact) mass is 452 g/mol. The number of sulfonamides is 1. The van der Waals surface area contributed by atoms with Crippen molar-refractivity contribution < 1.29 is 13.2 Å². The van der Waals surface area contributed by atoms with Crippen molar-refractivity contribution >= 4 is 33.4 Å². The highest BCUT2D eigenvalue weighted by Gasteiger charge is 2.34. The van der Waals surface area contributed by atoms with Gasteiger partial charge in [-0.25, -0.2) is 8.42 Å². The predicted octanol–water partition coefficient (Wildman–Crippen LogP) is 4.71. The van der Waals surface area contributed by atoms with Crippen LogP contribution in [0.1, 0.15) is 22.8 Å². The van der Waals surface area contributed by atoms with Crippen molar-refractivity contribution in [3.05, 3.63) is 77.9 Å². The number of carbonyl (C=O) groups excluding carboxylic acids is 1. The summed E-state index contributed by atoms with van der Waals surface area (Å²) < 4.78 is 27.3. The zero-order valence-corrected chi connectivity index (χ0v) is 19.1. The Hall–Kier alpha value is -2.77. The standard InChI is InChI=1S/C24H24N2O3S2/c1-3-26-22-13-10-18(16-21(22)20-6-4-5-7-23(20)31(26,28)29)24(27)25-14-15-30-19-11-8-17(2)9-12-19/h4-13,16H,3,14-15H2,1-2H3,(H,25,27). The van der Waals surface area contributed by atoms with Crippen molar-refractivity contribution in [2.24, 2.45) is 0 Å². The summed E-state index contributed by atoms with van der Waals surface area (Å²) in [6.45, 7) is 4.73. The molecule has 0 atom stereocenters. The molecule has 1 aliphatic rings. The fourth-order valence-corrected chi connectivity index (χ4v) is 6.15. The number of thioether (sulfide) groups is 1. The highest BCUT2D eigenvalue weighted by molar-refractivity contribution is 7.99. The first-order valence-electron chi connectivity index (χ1n) is 10.2. The van der Waals surface area contributed by atoms with Gasteiger partial charge in [-0.15, -0.1) is 11.8 Å². The third-order valence-corrected chi connectivity index (χ3v) is 8.20. The largest absolute Gasteiger partial charge is 0.351 e. The van der Waals surface area contributed by atoms with Crippen molar-refractivity contribution in [3.63, 3.8) is 0 Å². The molecule has 0 saturated heterocycles. The van der Waals surface area contributed by atoms with Gasteiger partial charge in [-0.3, -0.25) is 9.10 Å². The van der Waals surface area contributed by atoms with E-state index < -0.39 is 10.0 Å². The van der Waals surface area contributed by atoms with Gasteiger partial charge in [0.25, 0.3) is 15.9 Å². The van der Waals surface area contributed by atoms with Crippen LogP contribution >= 0.6 is 11.8 Å². The van der Waals surface area contributed by atoms with Crippen LogP contribution in [-0.4, -0.2) is 33.2 Å². The highest BCUT2D eigenvalue weighted by Crippen LogP contribution is 2.43. The number of amides is 1. The summed E-state index contributed by atoms with van der Waals surface area (Å²) >= 11 is 1.69. The molecule has 5 nitrogen and oxygen atoms in total. The molecule has 31 heavy (non-hydrogen) atoms. The molecule has 7 heteroatoms. The average Bonchev–Trinajstić information content (AvgIpc) is 2.78. The summed E-state index contributed by atoms with van der Waals surface area (Å²) in [5.74, 6) is 0.603. The maximum atomic E-state index is 13.0. The number of benzene rings is 3. The van der Waals surface area contributed by atoms with Gasteiger partial charge in [0.05, 0.1) is 10.6 Å². The number of rotatable bonds is 6. The molecule has 0 radical (unpaired) electrons. The van der Waals surface area contributed by atoms with E-state index in [2.05, 4.69) is 36.5 Å². The lowest BCUT2D eigenvalue weighted by atomic mass is 10.00. The van der Waals surface area contributed by atoms with Crippen LogP contribution in [0.2, 0.25) is 0 Å². The third-order valence-electron chi connectivity index (χ3n) is 5.24. The highest BCUT2D eigenvalue weighted by atomic mass is 32.2. The Kier molecular flexibility index (Phi) is 6.07. The molecule has 3 aromatic rings. The second-order valence-electron chi connectivity index (χ2n) is 7.32. The predicted molar refractivity (Wildman–Crippen MR) is 126 cm³/mol. The van der Waals surface area contributed by atoms with Crippen LogP contribution in [0.5, 0.6) is 0 Å². The first kappa shape index (κ1) is 21.5. The van der Waals surface area contributed by atoms with Crippen LogP contribution in [0, 0.1) is 6.92 Å². The second-order valence-corrected chi connectivity index (χ2v) is 10.3. The maximum Gasteiger partial charge on any atom is 0.264 e. The normalized spacial score (nSPS) is 13.9. The Balaban J connectivity index is 1.51. The molecule has 0 aromatic heterocycles. The molecule has 0 aliphatic carbocycles. The number of anilines is 1. The SMILES string of the molecule is CCN1c2ccc(C(=O)NCCSc3ccc(C)cc3)cc2-c2ccccc2S1(=O)=O. The molecule has 1 amide bonds. The molecule has 0 bridgehead atoms. The molecule has 0 spiro atoms. The fraction of sp³-hybridized carbons (Fsp3) is 0.208. The number of hydrogen-bond donors (Lipinski definition) is 1. The van der Waals surface area contributed by atoms with E-state index in [1.54, 1.807) is 48.2 Å². The molecule has 4 rings (SSSR count). The molecule has 1 N–H and O–H groups in total. The number of fused-ring (bicyclic) bond motifs is 3.